The van der Waals surface area contributed by atoms with Gasteiger partial charge in [0.1, 0.15) is 5.75 Å². The Morgan fingerprint density at radius 3 is 2.95 bits per heavy atom. The van der Waals surface area contributed by atoms with Crippen molar-refractivity contribution in [3.8, 4) is 5.75 Å². The molecule has 0 unspecified atom stereocenters. The van der Waals surface area contributed by atoms with Crippen LogP contribution >= 0.6 is 11.6 Å². The molecule has 21 heavy (non-hydrogen) atoms. The van der Waals surface area contributed by atoms with Crippen molar-refractivity contribution in [1.82, 2.24) is 4.90 Å². The minimum Gasteiger partial charge on any atom is -0.467 e. The van der Waals surface area contributed by atoms with Gasteiger partial charge >= 0.3 is 0 Å². The van der Waals surface area contributed by atoms with Gasteiger partial charge < -0.3 is 9.47 Å². The first kappa shape index (κ1) is 15.1. The molecule has 1 aromatic rings. The lowest BCUT2D eigenvalue weighted by Gasteiger charge is -2.26. The Labute approximate surface area is 129 Å². The number of fused-ring (bicyclic) bond motifs is 1. The second-order valence-corrected chi connectivity index (χ2v) is 8.30. The van der Waals surface area contributed by atoms with Gasteiger partial charge in [-0.3, -0.25) is 4.90 Å². The fourth-order valence-corrected chi connectivity index (χ4v) is 4.96. The Hall–Kier alpha value is -0.820. The lowest BCUT2D eigenvalue weighted by Crippen LogP contribution is -2.32. The third-order valence-corrected chi connectivity index (χ3v) is 5.97. The van der Waals surface area contributed by atoms with E-state index in [9.17, 15) is 8.42 Å². The predicted molar refractivity (Wildman–Crippen MR) is 80.3 cm³/mol. The first-order chi connectivity index (χ1) is 9.94. The summed E-state index contributed by atoms with van der Waals surface area (Å²) in [6.45, 7) is 1.34. The minimum atomic E-state index is -2.88. The molecule has 0 saturated carbocycles. The van der Waals surface area contributed by atoms with Crippen molar-refractivity contribution < 1.29 is 17.9 Å². The molecular weight excluding hydrogens is 314 g/mol. The average molecular weight is 332 g/mol. The van der Waals surface area contributed by atoms with E-state index >= 15 is 0 Å². The number of hydrogen-bond acceptors (Lipinski definition) is 5. The number of ether oxygens (including phenoxy) is 2. The van der Waals surface area contributed by atoms with Crippen LogP contribution in [0.4, 0.5) is 0 Å². The first-order valence-electron chi connectivity index (χ1n) is 6.87. The maximum atomic E-state index is 11.6. The summed E-state index contributed by atoms with van der Waals surface area (Å²) in [6.07, 6.45) is 0.686. The predicted octanol–water partition coefficient (Wildman–Crippen LogP) is 1.83. The minimum absolute atomic E-state index is 0.0597. The summed E-state index contributed by atoms with van der Waals surface area (Å²) in [7, 11) is -0.935. The summed E-state index contributed by atoms with van der Waals surface area (Å²) in [5.74, 6) is 1.33. The highest BCUT2D eigenvalue weighted by Crippen LogP contribution is 2.33. The molecule has 0 aromatic heterocycles. The topological polar surface area (TPSA) is 55.8 Å². The number of hydrogen-bond donors (Lipinski definition) is 0. The van der Waals surface area contributed by atoms with Crippen molar-refractivity contribution in [2.75, 3.05) is 25.3 Å². The number of nitrogens with zero attached hydrogens (tertiary/aromatic N) is 1. The van der Waals surface area contributed by atoms with Crippen LogP contribution in [0.15, 0.2) is 12.1 Å². The number of sulfone groups is 1. The molecule has 0 bridgehead atoms. The highest BCUT2D eigenvalue weighted by Gasteiger charge is 2.31. The van der Waals surface area contributed by atoms with E-state index in [1.165, 1.54) is 0 Å². The molecule has 0 radical (unpaired) electrons. The van der Waals surface area contributed by atoms with Gasteiger partial charge in [0.2, 0.25) is 0 Å². The summed E-state index contributed by atoms with van der Waals surface area (Å²) >= 11 is 6.14. The maximum Gasteiger partial charge on any atom is 0.189 e. The standard InChI is InChI=1S/C14H18ClNO4S/c1-16(13-2-3-21(17,18)8-13)6-10-4-12(15)5-11-7-19-9-20-14(10)11/h4-5,13H,2-3,6-9H2,1H3/t13-/m0/s1. The Morgan fingerprint density at radius 1 is 1.43 bits per heavy atom. The van der Waals surface area contributed by atoms with Gasteiger partial charge in [0, 0.05) is 28.7 Å². The molecule has 2 aliphatic rings. The smallest absolute Gasteiger partial charge is 0.189 e. The normalized spacial score (nSPS) is 23.9. The number of halogens is 1. The summed E-state index contributed by atoms with van der Waals surface area (Å²) < 4.78 is 34.0. The first-order valence-corrected chi connectivity index (χ1v) is 9.07. The molecule has 7 heteroatoms. The van der Waals surface area contributed by atoms with E-state index in [4.69, 9.17) is 21.1 Å². The SMILES string of the molecule is CN(Cc1cc(Cl)cc2c1OCOC2)[C@H]1CCS(=O)(=O)C1. The highest BCUT2D eigenvalue weighted by molar-refractivity contribution is 7.91. The number of benzene rings is 1. The second-order valence-electron chi connectivity index (χ2n) is 5.64. The molecule has 0 amide bonds. The molecule has 2 aliphatic heterocycles. The third-order valence-electron chi connectivity index (χ3n) is 4.00. The Morgan fingerprint density at radius 2 is 2.24 bits per heavy atom. The van der Waals surface area contributed by atoms with E-state index in [2.05, 4.69) is 4.90 Å². The van der Waals surface area contributed by atoms with Crippen molar-refractivity contribution >= 4 is 21.4 Å². The maximum absolute atomic E-state index is 11.6. The summed E-state index contributed by atoms with van der Waals surface area (Å²) in [5, 5.41) is 0.644. The Kier molecular flexibility index (Phi) is 4.14. The summed E-state index contributed by atoms with van der Waals surface area (Å²) in [4.78, 5) is 2.06. The van der Waals surface area contributed by atoms with Crippen molar-refractivity contribution in [2.24, 2.45) is 0 Å². The third kappa shape index (κ3) is 3.34. The number of rotatable bonds is 3. The van der Waals surface area contributed by atoms with Crippen LogP contribution in [-0.4, -0.2) is 44.7 Å². The van der Waals surface area contributed by atoms with Crippen molar-refractivity contribution in [3.05, 3.63) is 28.3 Å². The molecule has 0 N–H and O–H groups in total. The zero-order valence-corrected chi connectivity index (χ0v) is 13.4. The van der Waals surface area contributed by atoms with Crippen LogP contribution in [0.1, 0.15) is 17.5 Å². The van der Waals surface area contributed by atoms with Crippen molar-refractivity contribution in [3.63, 3.8) is 0 Å². The van der Waals surface area contributed by atoms with Gasteiger partial charge in [-0.15, -0.1) is 0 Å². The summed E-state index contributed by atoms with van der Waals surface area (Å²) in [6, 6.07) is 3.79. The largest absolute Gasteiger partial charge is 0.467 e. The van der Waals surface area contributed by atoms with Gasteiger partial charge in [0.25, 0.3) is 0 Å². The zero-order valence-electron chi connectivity index (χ0n) is 11.8. The van der Waals surface area contributed by atoms with Gasteiger partial charge in [-0.05, 0) is 25.6 Å². The monoisotopic (exact) mass is 331 g/mol. The van der Waals surface area contributed by atoms with Crippen LogP contribution < -0.4 is 4.74 Å². The average Bonchev–Trinajstić information content (AvgIpc) is 2.79. The molecule has 2 heterocycles. The highest BCUT2D eigenvalue weighted by atomic mass is 35.5. The van der Waals surface area contributed by atoms with Gasteiger partial charge in [-0.1, -0.05) is 11.6 Å². The molecule has 116 valence electrons. The molecule has 1 atom stereocenters. The summed E-state index contributed by atoms with van der Waals surface area (Å²) in [5.41, 5.74) is 1.92. The van der Waals surface area contributed by atoms with E-state index in [1.54, 1.807) is 0 Å². The quantitative estimate of drug-likeness (QED) is 0.845. The second kappa shape index (κ2) is 5.76. The molecule has 0 aliphatic carbocycles. The van der Waals surface area contributed by atoms with Crippen LogP contribution in [-0.2, 0) is 27.7 Å². The van der Waals surface area contributed by atoms with Crippen LogP contribution in [0, 0.1) is 0 Å². The molecule has 1 saturated heterocycles. The van der Waals surface area contributed by atoms with Gasteiger partial charge in [0.05, 0.1) is 18.1 Å². The van der Waals surface area contributed by atoms with E-state index < -0.39 is 9.84 Å². The Bertz CT molecular complexity index is 647. The van der Waals surface area contributed by atoms with Gasteiger partial charge in [0.15, 0.2) is 16.6 Å². The molecule has 3 rings (SSSR count). The Balaban J connectivity index is 1.80. The zero-order chi connectivity index (χ0) is 15.0. The van der Waals surface area contributed by atoms with Gasteiger partial charge in [-0.25, -0.2) is 8.42 Å². The van der Waals surface area contributed by atoms with Crippen molar-refractivity contribution in [2.45, 2.75) is 25.6 Å². The molecular formula is C14H18ClNO4S. The van der Waals surface area contributed by atoms with E-state index in [1.807, 2.05) is 19.2 Å². The van der Waals surface area contributed by atoms with Gasteiger partial charge in [-0.2, -0.15) is 0 Å². The fourth-order valence-electron chi connectivity index (χ4n) is 2.89. The fraction of sp³-hybridized carbons (Fsp3) is 0.571. The molecule has 5 nitrogen and oxygen atoms in total. The van der Waals surface area contributed by atoms with E-state index in [0.29, 0.717) is 24.6 Å². The van der Waals surface area contributed by atoms with Crippen LogP contribution in [0.2, 0.25) is 5.02 Å². The lowest BCUT2D eigenvalue weighted by molar-refractivity contribution is -0.0174. The van der Waals surface area contributed by atoms with Crippen LogP contribution in [0.5, 0.6) is 5.75 Å². The van der Waals surface area contributed by atoms with E-state index in [-0.39, 0.29) is 24.3 Å². The van der Waals surface area contributed by atoms with Crippen molar-refractivity contribution in [1.29, 1.82) is 0 Å². The molecule has 1 fully saturated rings. The molecule has 0 spiro atoms. The molecule has 1 aromatic carbocycles. The van der Waals surface area contributed by atoms with E-state index in [0.717, 1.165) is 16.9 Å². The van der Waals surface area contributed by atoms with Crippen LogP contribution in [0.3, 0.4) is 0 Å². The lowest BCUT2D eigenvalue weighted by atomic mass is 10.1. The van der Waals surface area contributed by atoms with Crippen LogP contribution in [0.25, 0.3) is 0 Å².